The molecule has 0 atom stereocenters. The Morgan fingerprint density at radius 1 is 0.952 bits per heavy atom. The van der Waals surface area contributed by atoms with Crippen LogP contribution in [-0.4, -0.2) is 8.42 Å². The van der Waals surface area contributed by atoms with Gasteiger partial charge in [0.25, 0.3) is 0 Å². The van der Waals surface area contributed by atoms with E-state index in [1.165, 1.54) is 4.70 Å². The number of fused-ring (bicyclic) bond motifs is 1. The lowest BCUT2D eigenvalue weighted by Crippen LogP contribution is -2.24. The van der Waals surface area contributed by atoms with E-state index in [9.17, 15) is 8.42 Å². The number of rotatable bonds is 5. The Morgan fingerprint density at radius 3 is 2.48 bits per heavy atom. The van der Waals surface area contributed by atoms with Gasteiger partial charge >= 0.3 is 0 Å². The van der Waals surface area contributed by atoms with Gasteiger partial charge in [0.2, 0.25) is 10.0 Å². The Labute approximate surface area is 128 Å². The largest absolute Gasteiger partial charge is 0.216 e. The molecule has 0 bridgehead atoms. The summed E-state index contributed by atoms with van der Waals surface area (Å²) in [5.41, 5.74) is 1.81. The van der Waals surface area contributed by atoms with Gasteiger partial charge in [-0.05, 0) is 28.0 Å². The Hall–Kier alpha value is -1.69. The van der Waals surface area contributed by atoms with Crippen molar-refractivity contribution in [3.05, 3.63) is 71.1 Å². The third-order valence-corrected chi connectivity index (χ3v) is 5.55. The monoisotopic (exact) mass is 317 g/mol. The minimum Gasteiger partial charge on any atom is -0.212 e. The normalized spacial score (nSPS) is 11.8. The van der Waals surface area contributed by atoms with E-state index in [-0.39, 0.29) is 5.75 Å². The summed E-state index contributed by atoms with van der Waals surface area (Å²) < 4.78 is 28.1. The second-order valence-corrected chi connectivity index (χ2v) is 7.54. The molecule has 1 heterocycles. The molecule has 5 heteroatoms. The number of nitrogens with one attached hydrogen (secondary N) is 1. The molecular weight excluding hydrogens is 302 g/mol. The quantitative estimate of drug-likeness (QED) is 0.782. The van der Waals surface area contributed by atoms with E-state index in [0.29, 0.717) is 6.54 Å². The van der Waals surface area contributed by atoms with E-state index in [1.807, 2.05) is 60.0 Å². The number of hydrogen-bond donors (Lipinski definition) is 1. The molecule has 2 aromatic carbocycles. The van der Waals surface area contributed by atoms with Crippen molar-refractivity contribution in [2.75, 3.05) is 0 Å². The molecule has 0 aliphatic carbocycles. The topological polar surface area (TPSA) is 46.2 Å². The summed E-state index contributed by atoms with van der Waals surface area (Å²) in [6.07, 6.45) is 0. The second kappa shape index (κ2) is 5.97. The van der Waals surface area contributed by atoms with Crippen molar-refractivity contribution in [1.29, 1.82) is 0 Å². The average Bonchev–Trinajstić information content (AvgIpc) is 2.89. The molecule has 0 unspecified atom stereocenters. The van der Waals surface area contributed by atoms with Crippen molar-refractivity contribution in [2.45, 2.75) is 12.3 Å². The van der Waals surface area contributed by atoms with Crippen LogP contribution in [0.2, 0.25) is 0 Å². The molecule has 0 saturated carbocycles. The van der Waals surface area contributed by atoms with Gasteiger partial charge in [-0.2, -0.15) is 0 Å². The lowest BCUT2D eigenvalue weighted by atomic mass is 10.2. The maximum absolute atomic E-state index is 12.1. The molecule has 0 fully saturated rings. The predicted octanol–water partition coefficient (Wildman–Crippen LogP) is 3.52. The highest BCUT2D eigenvalue weighted by Gasteiger charge is 2.12. The summed E-state index contributed by atoms with van der Waals surface area (Å²) in [5, 5.41) is 3.13. The lowest BCUT2D eigenvalue weighted by molar-refractivity contribution is 0.580. The van der Waals surface area contributed by atoms with Gasteiger partial charge in [-0.15, -0.1) is 11.3 Å². The van der Waals surface area contributed by atoms with Gasteiger partial charge in [-0.3, -0.25) is 0 Å². The molecule has 0 spiro atoms. The van der Waals surface area contributed by atoms with E-state index in [4.69, 9.17) is 0 Å². The number of hydrogen-bond acceptors (Lipinski definition) is 3. The molecule has 108 valence electrons. The van der Waals surface area contributed by atoms with Crippen molar-refractivity contribution >= 4 is 31.4 Å². The molecule has 0 amide bonds. The van der Waals surface area contributed by atoms with Crippen LogP contribution in [0.25, 0.3) is 10.1 Å². The van der Waals surface area contributed by atoms with Crippen LogP contribution in [-0.2, 0) is 22.3 Å². The average molecular weight is 317 g/mol. The molecule has 3 rings (SSSR count). The number of benzene rings is 2. The summed E-state index contributed by atoms with van der Waals surface area (Å²) in [7, 11) is -3.32. The molecule has 3 aromatic rings. The molecular formula is C16H15NO2S2. The van der Waals surface area contributed by atoms with E-state index >= 15 is 0 Å². The van der Waals surface area contributed by atoms with Crippen LogP contribution >= 0.6 is 11.3 Å². The van der Waals surface area contributed by atoms with Crippen LogP contribution < -0.4 is 4.72 Å². The van der Waals surface area contributed by atoms with Crippen LogP contribution in [0.5, 0.6) is 0 Å². The van der Waals surface area contributed by atoms with E-state index in [0.717, 1.165) is 16.5 Å². The summed E-state index contributed by atoms with van der Waals surface area (Å²) >= 11 is 1.63. The van der Waals surface area contributed by atoms with Crippen molar-refractivity contribution in [2.24, 2.45) is 0 Å². The third kappa shape index (κ3) is 3.50. The lowest BCUT2D eigenvalue weighted by Gasteiger charge is -2.06. The van der Waals surface area contributed by atoms with E-state index < -0.39 is 10.0 Å². The number of sulfonamides is 1. The highest BCUT2D eigenvalue weighted by atomic mass is 32.2. The molecule has 1 N–H and O–H groups in total. The van der Waals surface area contributed by atoms with Gasteiger partial charge in [-0.1, -0.05) is 48.5 Å². The molecule has 3 nitrogen and oxygen atoms in total. The Bertz CT molecular complexity index is 839. The van der Waals surface area contributed by atoms with E-state index in [2.05, 4.69) is 4.72 Å². The molecule has 0 aliphatic heterocycles. The maximum atomic E-state index is 12.1. The van der Waals surface area contributed by atoms with Crippen LogP contribution in [0, 0.1) is 0 Å². The Balaban J connectivity index is 1.72. The highest BCUT2D eigenvalue weighted by molar-refractivity contribution is 7.88. The summed E-state index contributed by atoms with van der Waals surface area (Å²) in [4.78, 5) is 0. The van der Waals surface area contributed by atoms with Gasteiger partial charge in [0.15, 0.2) is 0 Å². The minimum absolute atomic E-state index is 0.00983. The first kappa shape index (κ1) is 14.3. The maximum Gasteiger partial charge on any atom is 0.216 e. The minimum atomic E-state index is -3.32. The van der Waals surface area contributed by atoms with Crippen molar-refractivity contribution in [1.82, 2.24) is 4.72 Å². The standard InChI is InChI=1S/C16H15NO2S2/c18-21(19,12-13-6-2-1-3-7-13)17-10-14-11-20-16-9-5-4-8-15(14)16/h1-9,11,17H,10,12H2. The summed E-state index contributed by atoms with van der Waals surface area (Å²) in [5.74, 6) is 0.00983. The van der Waals surface area contributed by atoms with Gasteiger partial charge in [0.1, 0.15) is 0 Å². The van der Waals surface area contributed by atoms with Gasteiger partial charge in [0.05, 0.1) is 5.75 Å². The molecule has 0 radical (unpaired) electrons. The summed E-state index contributed by atoms with van der Waals surface area (Å²) in [6, 6.07) is 17.2. The van der Waals surface area contributed by atoms with E-state index in [1.54, 1.807) is 11.3 Å². The van der Waals surface area contributed by atoms with Crippen LogP contribution in [0.3, 0.4) is 0 Å². The van der Waals surface area contributed by atoms with Gasteiger partial charge < -0.3 is 0 Å². The highest BCUT2D eigenvalue weighted by Crippen LogP contribution is 2.25. The Kier molecular flexibility index (Phi) is 4.05. The van der Waals surface area contributed by atoms with Crippen LogP contribution in [0.15, 0.2) is 60.0 Å². The zero-order chi connectivity index (χ0) is 14.7. The first-order chi connectivity index (χ1) is 10.1. The first-order valence-corrected chi connectivity index (χ1v) is 9.14. The predicted molar refractivity (Wildman–Crippen MR) is 87.7 cm³/mol. The van der Waals surface area contributed by atoms with Crippen LogP contribution in [0.4, 0.5) is 0 Å². The molecule has 21 heavy (non-hydrogen) atoms. The van der Waals surface area contributed by atoms with Gasteiger partial charge in [0, 0.05) is 11.2 Å². The Morgan fingerprint density at radius 2 is 1.67 bits per heavy atom. The third-order valence-electron chi connectivity index (χ3n) is 3.24. The SMILES string of the molecule is O=S(=O)(Cc1ccccc1)NCc1csc2ccccc12. The number of thiophene rings is 1. The van der Waals surface area contributed by atoms with Crippen LogP contribution in [0.1, 0.15) is 11.1 Å². The van der Waals surface area contributed by atoms with Crippen molar-refractivity contribution in [3.63, 3.8) is 0 Å². The molecule has 0 saturated heterocycles. The summed E-state index contributed by atoms with van der Waals surface area (Å²) in [6.45, 7) is 0.333. The fourth-order valence-electron chi connectivity index (χ4n) is 2.20. The fraction of sp³-hybridized carbons (Fsp3) is 0.125. The second-order valence-electron chi connectivity index (χ2n) is 4.82. The molecule has 1 aromatic heterocycles. The zero-order valence-electron chi connectivity index (χ0n) is 11.3. The first-order valence-electron chi connectivity index (χ1n) is 6.60. The zero-order valence-corrected chi connectivity index (χ0v) is 13.0. The molecule has 0 aliphatic rings. The van der Waals surface area contributed by atoms with Gasteiger partial charge in [-0.25, -0.2) is 13.1 Å². The van der Waals surface area contributed by atoms with Crippen molar-refractivity contribution in [3.8, 4) is 0 Å². The smallest absolute Gasteiger partial charge is 0.212 e. The van der Waals surface area contributed by atoms with Crippen molar-refractivity contribution < 1.29 is 8.42 Å². The fourth-order valence-corrected chi connectivity index (χ4v) is 4.27.